The van der Waals surface area contributed by atoms with Gasteiger partial charge in [0.25, 0.3) is 0 Å². The first kappa shape index (κ1) is 35.5. The Bertz CT molecular complexity index is 1200. The molecule has 9 heteroatoms. The number of rotatable bonds is 6. The van der Waals surface area contributed by atoms with Crippen LogP contribution < -0.4 is 10.6 Å². The molecule has 2 amide bonds. The van der Waals surface area contributed by atoms with Gasteiger partial charge in [-0.25, -0.2) is 4.79 Å². The van der Waals surface area contributed by atoms with E-state index in [1.165, 1.54) is 13.2 Å². The molecule has 1 aliphatic heterocycles. The number of anilines is 1. The second-order valence-corrected chi connectivity index (χ2v) is 11.5. The van der Waals surface area contributed by atoms with Gasteiger partial charge in [0.2, 0.25) is 11.8 Å². The number of phenolic OH excluding ortho intramolecular Hbond substituents is 1. The van der Waals surface area contributed by atoms with Gasteiger partial charge in [-0.1, -0.05) is 63.3 Å². The number of amides is 2. The van der Waals surface area contributed by atoms with E-state index in [1.807, 2.05) is 52.0 Å². The number of esters is 1. The van der Waals surface area contributed by atoms with Gasteiger partial charge in [-0.3, -0.25) is 9.59 Å². The lowest BCUT2D eigenvalue weighted by Crippen LogP contribution is -2.43. The zero-order valence-electron chi connectivity index (χ0n) is 26.2. The van der Waals surface area contributed by atoms with E-state index in [0.717, 1.165) is 11.1 Å². The molecule has 0 aliphatic carbocycles. The van der Waals surface area contributed by atoms with Crippen molar-refractivity contribution in [1.29, 1.82) is 0 Å². The topological polar surface area (TPSA) is 134 Å². The summed E-state index contributed by atoms with van der Waals surface area (Å²) in [4.78, 5) is 37.9. The van der Waals surface area contributed by atoms with Crippen LogP contribution in [-0.4, -0.2) is 59.5 Å². The minimum Gasteiger partial charge on any atom is -0.508 e. The van der Waals surface area contributed by atoms with Crippen molar-refractivity contribution in [3.8, 4) is 5.75 Å². The predicted octanol–water partition coefficient (Wildman–Crippen LogP) is 5.15. The SMILES string of the molecule is CO[C@H]1C=CC=CC=CC[C@H](O)[C@H](C)[C@@H](OC(=O)[C@@H](C)NC(=O)CC(C)C)C(C)=CCCc2cc(O)cc(c2)NC(=O)C1. The molecule has 0 aromatic heterocycles. The van der Waals surface area contributed by atoms with Crippen molar-refractivity contribution in [2.24, 2.45) is 11.8 Å². The van der Waals surface area contributed by atoms with Crippen LogP contribution in [0, 0.1) is 11.8 Å². The number of fused-ring (bicyclic) bond motifs is 2. The van der Waals surface area contributed by atoms with E-state index < -0.39 is 36.2 Å². The first-order valence-corrected chi connectivity index (χ1v) is 14.9. The van der Waals surface area contributed by atoms with E-state index >= 15 is 0 Å². The molecule has 4 N–H and O–H groups in total. The molecule has 0 unspecified atom stereocenters. The van der Waals surface area contributed by atoms with Crippen LogP contribution in [0.15, 0.2) is 66.3 Å². The largest absolute Gasteiger partial charge is 0.508 e. The summed E-state index contributed by atoms with van der Waals surface area (Å²) in [5.74, 6) is -1.30. The zero-order chi connectivity index (χ0) is 31.9. The van der Waals surface area contributed by atoms with E-state index in [9.17, 15) is 24.6 Å². The maximum Gasteiger partial charge on any atom is 0.328 e. The number of allylic oxidation sites excluding steroid dienone is 5. The molecule has 0 radical (unpaired) electrons. The quantitative estimate of drug-likeness (QED) is 0.264. The average molecular weight is 597 g/mol. The zero-order valence-corrected chi connectivity index (χ0v) is 26.2. The molecule has 9 nitrogen and oxygen atoms in total. The second-order valence-electron chi connectivity index (χ2n) is 11.5. The minimum atomic E-state index is -0.842. The maximum absolute atomic E-state index is 13.0. The van der Waals surface area contributed by atoms with Gasteiger partial charge in [0, 0.05) is 31.2 Å². The van der Waals surface area contributed by atoms with Crippen molar-refractivity contribution >= 4 is 23.5 Å². The summed E-state index contributed by atoms with van der Waals surface area (Å²) in [6, 6.07) is 4.09. The molecule has 1 aromatic carbocycles. The van der Waals surface area contributed by atoms with Crippen LogP contribution in [0.25, 0.3) is 0 Å². The highest BCUT2D eigenvalue weighted by Crippen LogP contribution is 2.25. The number of aliphatic hydroxyl groups is 1. The summed E-state index contributed by atoms with van der Waals surface area (Å²) in [6.07, 6.45) is 12.7. The van der Waals surface area contributed by atoms with Crippen molar-refractivity contribution in [2.75, 3.05) is 12.4 Å². The van der Waals surface area contributed by atoms with Gasteiger partial charge >= 0.3 is 5.97 Å². The van der Waals surface area contributed by atoms with Crippen molar-refractivity contribution in [1.82, 2.24) is 5.32 Å². The third-order valence-corrected chi connectivity index (χ3v) is 7.12. The summed E-state index contributed by atoms with van der Waals surface area (Å²) >= 11 is 0. The number of methoxy groups -OCH3 is 1. The number of carbonyl (C=O) groups is 3. The highest BCUT2D eigenvalue weighted by atomic mass is 16.5. The molecule has 5 atom stereocenters. The Hall–Kier alpha value is -3.69. The lowest BCUT2D eigenvalue weighted by Gasteiger charge is -2.29. The van der Waals surface area contributed by atoms with Gasteiger partial charge in [-0.05, 0) is 62.3 Å². The number of aromatic hydroxyl groups is 1. The Morgan fingerprint density at radius 2 is 1.84 bits per heavy atom. The van der Waals surface area contributed by atoms with Gasteiger partial charge in [-0.15, -0.1) is 0 Å². The Balaban J connectivity index is 2.33. The molecule has 1 heterocycles. The molecule has 236 valence electrons. The van der Waals surface area contributed by atoms with Gasteiger partial charge in [0.1, 0.15) is 17.9 Å². The summed E-state index contributed by atoms with van der Waals surface area (Å²) in [5.41, 5.74) is 2.05. The number of carbonyl (C=O) groups excluding carboxylic acids is 3. The summed E-state index contributed by atoms with van der Waals surface area (Å²) < 4.78 is 11.3. The van der Waals surface area contributed by atoms with Crippen molar-refractivity contribution in [3.63, 3.8) is 0 Å². The van der Waals surface area contributed by atoms with E-state index in [2.05, 4.69) is 10.6 Å². The average Bonchev–Trinajstić information content (AvgIpc) is 2.92. The number of nitrogens with one attached hydrogen (secondary N) is 2. The highest BCUT2D eigenvalue weighted by Gasteiger charge is 2.30. The molecule has 43 heavy (non-hydrogen) atoms. The van der Waals surface area contributed by atoms with Gasteiger partial charge < -0.3 is 30.3 Å². The van der Waals surface area contributed by atoms with Crippen LogP contribution in [-0.2, 0) is 30.3 Å². The first-order chi connectivity index (χ1) is 20.4. The first-order valence-electron chi connectivity index (χ1n) is 14.9. The summed E-state index contributed by atoms with van der Waals surface area (Å²) in [5, 5.41) is 26.8. The number of hydrogen-bond donors (Lipinski definition) is 4. The predicted molar refractivity (Wildman–Crippen MR) is 168 cm³/mol. The lowest BCUT2D eigenvalue weighted by molar-refractivity contribution is -0.154. The fourth-order valence-electron chi connectivity index (χ4n) is 4.70. The number of aryl methyl sites for hydroxylation is 1. The molecule has 0 saturated heterocycles. The molecule has 2 bridgehead atoms. The number of ether oxygens (including phenoxy) is 2. The van der Waals surface area contributed by atoms with Crippen LogP contribution in [0.5, 0.6) is 5.75 Å². The molecule has 2 rings (SSSR count). The normalized spacial score (nSPS) is 23.1. The molecule has 1 aliphatic rings. The highest BCUT2D eigenvalue weighted by molar-refractivity contribution is 5.91. The van der Waals surface area contributed by atoms with Gasteiger partial charge in [0.15, 0.2) is 0 Å². The Morgan fingerprint density at radius 1 is 1.12 bits per heavy atom. The number of aliphatic hydroxyl groups excluding tert-OH is 1. The number of hydrogen-bond acceptors (Lipinski definition) is 7. The molecular formula is C34H48N2O7. The van der Waals surface area contributed by atoms with Crippen LogP contribution in [0.1, 0.15) is 65.9 Å². The lowest BCUT2D eigenvalue weighted by atomic mass is 9.90. The molecule has 0 fully saturated rings. The summed E-state index contributed by atoms with van der Waals surface area (Å²) in [7, 11) is 1.53. The molecule has 0 saturated carbocycles. The molecule has 1 aromatic rings. The molecular weight excluding hydrogens is 548 g/mol. The van der Waals surface area contributed by atoms with Crippen LogP contribution >= 0.6 is 0 Å². The van der Waals surface area contributed by atoms with E-state index in [0.29, 0.717) is 31.4 Å². The monoisotopic (exact) mass is 596 g/mol. The molecule has 0 spiro atoms. The van der Waals surface area contributed by atoms with Crippen LogP contribution in [0.3, 0.4) is 0 Å². The number of phenols is 1. The Kier molecular flexibility index (Phi) is 14.9. The van der Waals surface area contributed by atoms with Crippen molar-refractivity contribution in [3.05, 3.63) is 71.9 Å². The fraction of sp³-hybridized carbons (Fsp3) is 0.500. The van der Waals surface area contributed by atoms with E-state index in [-0.39, 0.29) is 29.9 Å². The van der Waals surface area contributed by atoms with E-state index in [1.54, 1.807) is 37.3 Å². The van der Waals surface area contributed by atoms with Gasteiger partial charge in [0.05, 0.1) is 18.6 Å². The third kappa shape index (κ3) is 13.0. The van der Waals surface area contributed by atoms with Crippen molar-refractivity contribution < 1.29 is 34.1 Å². The van der Waals surface area contributed by atoms with Crippen LogP contribution in [0.2, 0.25) is 0 Å². The van der Waals surface area contributed by atoms with Crippen LogP contribution in [0.4, 0.5) is 5.69 Å². The minimum absolute atomic E-state index is 0.0322. The fourth-order valence-corrected chi connectivity index (χ4v) is 4.70. The second kappa shape index (κ2) is 18.1. The Labute approximate surface area is 255 Å². The van der Waals surface area contributed by atoms with Crippen molar-refractivity contribution in [2.45, 2.75) is 91.1 Å². The third-order valence-electron chi connectivity index (χ3n) is 7.12. The maximum atomic E-state index is 13.0. The van der Waals surface area contributed by atoms with Gasteiger partial charge in [-0.2, -0.15) is 0 Å². The smallest absolute Gasteiger partial charge is 0.328 e. The Morgan fingerprint density at radius 3 is 2.53 bits per heavy atom. The van der Waals surface area contributed by atoms with E-state index in [4.69, 9.17) is 9.47 Å². The summed E-state index contributed by atoms with van der Waals surface area (Å²) in [6.45, 7) is 9.13. The standard InChI is InChI=1S/C34H48N2O7/c1-22(2)17-31(39)35-25(5)34(41)43-33-23(3)13-12-14-26-18-27(20-28(37)19-26)36-32(40)21-29(42-6)15-10-8-7-9-11-16-30(38)24(33)4/h7-11,13,15,18-20,22,24-25,29-30,33,37-38H,12,14,16-17,21H2,1-6H3,(H,35,39)(H,36,40)/t24-,25+,29-,30-,33-/m0/s1. The number of benzene rings is 1.